The van der Waals surface area contributed by atoms with Crippen molar-refractivity contribution in [1.82, 2.24) is 0 Å². The predicted molar refractivity (Wildman–Crippen MR) is 100 cm³/mol. The lowest BCUT2D eigenvalue weighted by Gasteiger charge is -2.01. The van der Waals surface area contributed by atoms with Crippen molar-refractivity contribution in [1.29, 1.82) is 0 Å². The second-order valence-corrected chi connectivity index (χ2v) is 4.91. The van der Waals surface area contributed by atoms with E-state index >= 15 is 0 Å². The SMILES string of the molecule is C=CC(Cl)c1ccccc1.C=CC=CC=Cc1ccccc1. The first-order valence-corrected chi connectivity index (χ1v) is 7.54. The van der Waals surface area contributed by atoms with E-state index in [1.54, 1.807) is 12.2 Å². The molecule has 0 spiro atoms. The molecule has 0 amide bonds. The van der Waals surface area contributed by atoms with Gasteiger partial charge < -0.3 is 0 Å². The first-order valence-electron chi connectivity index (χ1n) is 7.10. The Labute approximate surface area is 138 Å². The van der Waals surface area contributed by atoms with Gasteiger partial charge in [0, 0.05) is 0 Å². The molecule has 0 saturated carbocycles. The molecule has 1 unspecified atom stereocenters. The summed E-state index contributed by atoms with van der Waals surface area (Å²) in [7, 11) is 0. The minimum Gasteiger partial charge on any atom is -0.113 e. The Balaban J connectivity index is 0.000000224. The van der Waals surface area contributed by atoms with Crippen LogP contribution < -0.4 is 0 Å². The molecule has 0 bridgehead atoms. The highest BCUT2D eigenvalue weighted by atomic mass is 35.5. The summed E-state index contributed by atoms with van der Waals surface area (Å²) >= 11 is 5.87. The van der Waals surface area contributed by atoms with E-state index in [0.717, 1.165) is 5.56 Å². The van der Waals surface area contributed by atoms with Crippen molar-refractivity contribution in [2.45, 2.75) is 5.38 Å². The van der Waals surface area contributed by atoms with E-state index in [0.29, 0.717) is 0 Å². The van der Waals surface area contributed by atoms with Crippen molar-refractivity contribution in [3.63, 3.8) is 0 Å². The molecule has 1 heteroatoms. The van der Waals surface area contributed by atoms with Gasteiger partial charge in [-0.15, -0.1) is 18.2 Å². The quantitative estimate of drug-likeness (QED) is 0.332. The summed E-state index contributed by atoms with van der Waals surface area (Å²) in [5.41, 5.74) is 2.31. The summed E-state index contributed by atoms with van der Waals surface area (Å²) in [6, 6.07) is 20.1. The lowest BCUT2D eigenvalue weighted by atomic mass is 10.1. The van der Waals surface area contributed by atoms with Crippen molar-refractivity contribution in [2.24, 2.45) is 0 Å². The second kappa shape index (κ2) is 11.4. The largest absolute Gasteiger partial charge is 0.113 e. The second-order valence-electron chi connectivity index (χ2n) is 4.44. The highest BCUT2D eigenvalue weighted by Crippen LogP contribution is 2.19. The Hall–Kier alpha value is -2.31. The van der Waals surface area contributed by atoms with Gasteiger partial charge in [-0.1, -0.05) is 104 Å². The Morgan fingerprint density at radius 1 is 0.773 bits per heavy atom. The first kappa shape index (κ1) is 17.7. The van der Waals surface area contributed by atoms with Crippen LogP contribution in [0.2, 0.25) is 0 Å². The molecule has 0 aliphatic heterocycles. The van der Waals surface area contributed by atoms with Crippen LogP contribution in [0.1, 0.15) is 16.5 Å². The lowest BCUT2D eigenvalue weighted by Crippen LogP contribution is -1.82. The molecule has 112 valence electrons. The fraction of sp³-hybridized carbons (Fsp3) is 0.0476. The third kappa shape index (κ3) is 7.47. The summed E-state index contributed by atoms with van der Waals surface area (Å²) in [4.78, 5) is 0. The number of halogens is 1. The molecule has 1 atom stereocenters. The van der Waals surface area contributed by atoms with E-state index in [1.807, 2.05) is 66.8 Å². The fourth-order valence-electron chi connectivity index (χ4n) is 1.65. The van der Waals surface area contributed by atoms with Gasteiger partial charge in [0.15, 0.2) is 0 Å². The minimum atomic E-state index is -0.0544. The molecule has 2 rings (SSSR count). The van der Waals surface area contributed by atoms with E-state index in [2.05, 4.69) is 31.4 Å². The number of hydrogen-bond acceptors (Lipinski definition) is 0. The summed E-state index contributed by atoms with van der Waals surface area (Å²) in [5, 5.41) is -0.0544. The Kier molecular flexibility index (Phi) is 9.16. The minimum absolute atomic E-state index is 0.0544. The normalized spacial score (nSPS) is 11.7. The van der Waals surface area contributed by atoms with Crippen LogP contribution in [0.4, 0.5) is 0 Å². The lowest BCUT2D eigenvalue weighted by molar-refractivity contribution is 1.22. The molecule has 0 radical (unpaired) electrons. The van der Waals surface area contributed by atoms with Crippen molar-refractivity contribution in [3.8, 4) is 0 Å². The molecule has 0 nitrogen and oxygen atoms in total. The highest BCUT2D eigenvalue weighted by molar-refractivity contribution is 6.21. The Morgan fingerprint density at radius 3 is 1.91 bits per heavy atom. The number of benzene rings is 2. The van der Waals surface area contributed by atoms with Crippen LogP contribution in [0.15, 0.2) is 104 Å². The molecule has 2 aromatic carbocycles. The van der Waals surface area contributed by atoms with Gasteiger partial charge in [-0.3, -0.25) is 0 Å². The fourth-order valence-corrected chi connectivity index (χ4v) is 1.79. The van der Waals surface area contributed by atoms with Crippen LogP contribution in [-0.2, 0) is 0 Å². The molecule has 22 heavy (non-hydrogen) atoms. The zero-order chi connectivity index (χ0) is 16.0. The highest BCUT2D eigenvalue weighted by Gasteiger charge is 1.98. The molecule has 0 fully saturated rings. The van der Waals surface area contributed by atoms with Gasteiger partial charge in [0.1, 0.15) is 0 Å². The van der Waals surface area contributed by atoms with E-state index in [9.17, 15) is 0 Å². The third-order valence-electron chi connectivity index (χ3n) is 2.77. The van der Waals surface area contributed by atoms with Crippen LogP contribution >= 0.6 is 11.6 Å². The van der Waals surface area contributed by atoms with Crippen LogP contribution in [0.25, 0.3) is 6.08 Å². The monoisotopic (exact) mass is 308 g/mol. The molecule has 0 saturated heterocycles. The smallest absolute Gasteiger partial charge is 0.0763 e. The Bertz CT molecular complexity index is 594. The molecule has 2 aromatic rings. The van der Waals surface area contributed by atoms with Gasteiger partial charge in [0.2, 0.25) is 0 Å². The van der Waals surface area contributed by atoms with Gasteiger partial charge in [-0.2, -0.15) is 0 Å². The van der Waals surface area contributed by atoms with E-state index in [-0.39, 0.29) is 5.38 Å². The topological polar surface area (TPSA) is 0 Å². The van der Waals surface area contributed by atoms with E-state index in [1.165, 1.54) is 5.56 Å². The zero-order valence-corrected chi connectivity index (χ0v) is 13.4. The van der Waals surface area contributed by atoms with Gasteiger partial charge in [-0.25, -0.2) is 0 Å². The van der Waals surface area contributed by atoms with Crippen LogP contribution in [0, 0.1) is 0 Å². The maximum atomic E-state index is 5.87. The predicted octanol–water partition coefficient (Wildman–Crippen LogP) is 6.59. The molecule has 0 aliphatic rings. The van der Waals surface area contributed by atoms with Crippen molar-refractivity contribution in [2.75, 3.05) is 0 Å². The summed E-state index contributed by atoms with van der Waals surface area (Å²) < 4.78 is 0. The number of allylic oxidation sites excluding steroid dienone is 5. The summed E-state index contributed by atoms with van der Waals surface area (Å²) in [5.74, 6) is 0. The molecule has 0 aromatic heterocycles. The number of alkyl halides is 1. The summed E-state index contributed by atoms with van der Waals surface area (Å²) in [6.07, 6.45) is 11.4. The molecule has 0 aliphatic carbocycles. The average Bonchev–Trinajstić information content (AvgIpc) is 2.60. The maximum absolute atomic E-state index is 5.87. The number of hydrogen-bond donors (Lipinski definition) is 0. The van der Waals surface area contributed by atoms with Gasteiger partial charge in [-0.05, 0) is 11.1 Å². The molecular weight excluding hydrogens is 288 g/mol. The van der Waals surface area contributed by atoms with Gasteiger partial charge in [0.25, 0.3) is 0 Å². The first-order chi connectivity index (χ1) is 10.8. The average molecular weight is 309 g/mol. The molecule has 0 heterocycles. The number of rotatable bonds is 5. The van der Waals surface area contributed by atoms with E-state index in [4.69, 9.17) is 11.6 Å². The third-order valence-corrected chi connectivity index (χ3v) is 3.20. The maximum Gasteiger partial charge on any atom is 0.0763 e. The zero-order valence-electron chi connectivity index (χ0n) is 12.6. The summed E-state index contributed by atoms with van der Waals surface area (Å²) in [6.45, 7) is 7.19. The Morgan fingerprint density at radius 2 is 1.36 bits per heavy atom. The van der Waals surface area contributed by atoms with E-state index < -0.39 is 0 Å². The van der Waals surface area contributed by atoms with Crippen molar-refractivity contribution < 1.29 is 0 Å². The van der Waals surface area contributed by atoms with Gasteiger partial charge >= 0.3 is 0 Å². The molecule has 0 N–H and O–H groups in total. The van der Waals surface area contributed by atoms with Crippen LogP contribution in [0.3, 0.4) is 0 Å². The van der Waals surface area contributed by atoms with Crippen LogP contribution in [0.5, 0.6) is 0 Å². The van der Waals surface area contributed by atoms with Gasteiger partial charge in [0.05, 0.1) is 5.38 Å². The van der Waals surface area contributed by atoms with Crippen LogP contribution in [-0.4, -0.2) is 0 Å². The van der Waals surface area contributed by atoms with Crippen molar-refractivity contribution >= 4 is 17.7 Å². The van der Waals surface area contributed by atoms with Crippen molar-refractivity contribution in [3.05, 3.63) is 115 Å². The standard InChI is InChI=1S/C12H12.C9H9Cl/c1-2-3-4-6-9-12-10-7-5-8-11-12;1-2-9(10)8-6-4-3-5-7-8/h2-11H,1H2;2-7,9H,1H2. The molecular formula is C21H21Cl.